The van der Waals surface area contributed by atoms with E-state index < -0.39 is 5.41 Å². The lowest BCUT2D eigenvalue weighted by Gasteiger charge is -2.18. The predicted octanol–water partition coefficient (Wildman–Crippen LogP) is 2.35. The third-order valence-corrected chi connectivity index (χ3v) is 3.66. The zero-order valence-corrected chi connectivity index (χ0v) is 11.8. The third-order valence-electron chi connectivity index (χ3n) is 3.66. The minimum Gasteiger partial charge on any atom is -0.459 e. The van der Waals surface area contributed by atoms with Gasteiger partial charge < -0.3 is 9.47 Å². The van der Waals surface area contributed by atoms with Crippen molar-refractivity contribution in [3.05, 3.63) is 0 Å². The Morgan fingerprint density at radius 3 is 2.67 bits per heavy atom. The zero-order chi connectivity index (χ0) is 13.8. The lowest BCUT2D eigenvalue weighted by molar-refractivity contribution is -0.153. The average Bonchev–Trinajstić information content (AvgIpc) is 2.62. The van der Waals surface area contributed by atoms with Gasteiger partial charge in [0.25, 0.3) is 0 Å². The molecular weight excluding hydrogens is 232 g/mol. The Balaban J connectivity index is 2.44. The van der Waals surface area contributed by atoms with Crippen LogP contribution in [0.25, 0.3) is 0 Å². The number of Topliss-reactive ketones (excluding diaryl/α,β-unsaturated/α-hetero) is 1. The minimum absolute atomic E-state index is 0.0975. The van der Waals surface area contributed by atoms with E-state index in [1.807, 2.05) is 6.92 Å². The lowest BCUT2D eigenvalue weighted by atomic mass is 9.79. The molecule has 1 saturated heterocycles. The molecule has 4 nitrogen and oxygen atoms in total. The predicted molar refractivity (Wildman–Crippen MR) is 68.2 cm³/mol. The number of hydrogen-bond acceptors (Lipinski definition) is 4. The fraction of sp³-hybridized carbons (Fsp3) is 0.857. The van der Waals surface area contributed by atoms with E-state index in [0.29, 0.717) is 32.0 Å². The van der Waals surface area contributed by atoms with Gasteiger partial charge in [0.1, 0.15) is 17.3 Å². The van der Waals surface area contributed by atoms with E-state index >= 15 is 0 Å². The summed E-state index contributed by atoms with van der Waals surface area (Å²) in [6.45, 7) is 8.66. The van der Waals surface area contributed by atoms with Gasteiger partial charge in [-0.2, -0.15) is 0 Å². The highest BCUT2D eigenvalue weighted by Crippen LogP contribution is 2.38. The summed E-state index contributed by atoms with van der Waals surface area (Å²) >= 11 is 0. The second-order valence-corrected chi connectivity index (χ2v) is 5.48. The van der Waals surface area contributed by atoms with Crippen LogP contribution in [0.15, 0.2) is 0 Å². The van der Waals surface area contributed by atoms with Crippen LogP contribution in [-0.2, 0) is 19.1 Å². The van der Waals surface area contributed by atoms with Crippen molar-refractivity contribution in [2.24, 2.45) is 11.3 Å². The number of hydrogen-bond donors (Lipinski definition) is 0. The molecule has 0 bridgehead atoms. The van der Waals surface area contributed by atoms with Gasteiger partial charge in [-0.1, -0.05) is 20.8 Å². The van der Waals surface area contributed by atoms with E-state index in [1.54, 1.807) is 0 Å². The SMILES string of the molecule is CCC1(C(C)=O)CC(COCCC(C)C)OC1=O. The third kappa shape index (κ3) is 3.31. The molecule has 1 heterocycles. The largest absolute Gasteiger partial charge is 0.459 e. The molecule has 0 spiro atoms. The van der Waals surface area contributed by atoms with Gasteiger partial charge in [-0.3, -0.25) is 9.59 Å². The zero-order valence-electron chi connectivity index (χ0n) is 11.8. The van der Waals surface area contributed by atoms with E-state index in [4.69, 9.17) is 9.47 Å². The van der Waals surface area contributed by atoms with Gasteiger partial charge in [-0.05, 0) is 25.7 Å². The quantitative estimate of drug-likeness (QED) is 0.398. The van der Waals surface area contributed by atoms with Crippen LogP contribution >= 0.6 is 0 Å². The summed E-state index contributed by atoms with van der Waals surface area (Å²) in [4.78, 5) is 23.5. The Labute approximate surface area is 109 Å². The summed E-state index contributed by atoms with van der Waals surface area (Å²) in [5, 5.41) is 0. The second kappa shape index (κ2) is 6.32. The molecule has 0 saturated carbocycles. The van der Waals surface area contributed by atoms with Crippen LogP contribution in [0.4, 0.5) is 0 Å². The molecule has 4 heteroatoms. The molecular formula is C14H24O4. The van der Waals surface area contributed by atoms with Gasteiger partial charge in [0.2, 0.25) is 0 Å². The molecule has 0 aromatic heterocycles. The number of cyclic esters (lactones) is 1. The first kappa shape index (κ1) is 15.2. The van der Waals surface area contributed by atoms with Gasteiger partial charge in [0, 0.05) is 13.0 Å². The molecule has 1 fully saturated rings. The number of esters is 1. The fourth-order valence-corrected chi connectivity index (χ4v) is 2.23. The van der Waals surface area contributed by atoms with Crippen molar-refractivity contribution in [3.63, 3.8) is 0 Å². The fourth-order valence-electron chi connectivity index (χ4n) is 2.23. The molecule has 2 unspecified atom stereocenters. The summed E-state index contributed by atoms with van der Waals surface area (Å²) in [5.41, 5.74) is -0.925. The number of rotatable bonds is 7. The molecule has 0 N–H and O–H groups in total. The molecule has 1 aliphatic heterocycles. The van der Waals surface area contributed by atoms with E-state index in [9.17, 15) is 9.59 Å². The van der Waals surface area contributed by atoms with Crippen LogP contribution in [0.1, 0.15) is 47.0 Å². The van der Waals surface area contributed by atoms with Crippen LogP contribution < -0.4 is 0 Å². The van der Waals surface area contributed by atoms with Crippen LogP contribution in [0.5, 0.6) is 0 Å². The molecule has 18 heavy (non-hydrogen) atoms. The van der Waals surface area contributed by atoms with Crippen molar-refractivity contribution < 1.29 is 19.1 Å². The highest BCUT2D eigenvalue weighted by molar-refractivity contribution is 6.03. The van der Waals surface area contributed by atoms with E-state index in [0.717, 1.165) is 6.42 Å². The summed E-state index contributed by atoms with van der Waals surface area (Å²) < 4.78 is 10.8. The molecule has 2 atom stereocenters. The topological polar surface area (TPSA) is 52.6 Å². The number of carbonyl (C=O) groups is 2. The van der Waals surface area contributed by atoms with Gasteiger partial charge >= 0.3 is 5.97 Å². The van der Waals surface area contributed by atoms with Gasteiger partial charge in [0.05, 0.1) is 6.61 Å². The lowest BCUT2D eigenvalue weighted by Crippen LogP contribution is -2.33. The minimum atomic E-state index is -0.925. The van der Waals surface area contributed by atoms with Crippen molar-refractivity contribution in [1.29, 1.82) is 0 Å². The summed E-state index contributed by atoms with van der Waals surface area (Å²) in [6, 6.07) is 0. The van der Waals surface area contributed by atoms with Crippen LogP contribution in [0.3, 0.4) is 0 Å². The highest BCUT2D eigenvalue weighted by Gasteiger charge is 2.51. The van der Waals surface area contributed by atoms with Gasteiger partial charge in [-0.15, -0.1) is 0 Å². The van der Waals surface area contributed by atoms with Crippen molar-refractivity contribution >= 4 is 11.8 Å². The molecule has 0 aliphatic carbocycles. The molecule has 1 aliphatic rings. The van der Waals surface area contributed by atoms with Crippen molar-refractivity contribution in [1.82, 2.24) is 0 Å². The van der Waals surface area contributed by atoms with Gasteiger partial charge in [0.15, 0.2) is 0 Å². The van der Waals surface area contributed by atoms with Crippen molar-refractivity contribution in [2.45, 2.75) is 53.1 Å². The Kier molecular flexibility index (Phi) is 5.32. The number of carbonyl (C=O) groups excluding carboxylic acids is 2. The Morgan fingerprint density at radius 2 is 2.22 bits per heavy atom. The molecule has 0 aromatic rings. The number of ketones is 1. The normalized spacial score (nSPS) is 27.6. The van der Waals surface area contributed by atoms with E-state index in [1.165, 1.54) is 6.92 Å². The van der Waals surface area contributed by atoms with E-state index in [2.05, 4.69) is 13.8 Å². The molecule has 104 valence electrons. The van der Waals surface area contributed by atoms with Crippen LogP contribution in [0, 0.1) is 11.3 Å². The average molecular weight is 256 g/mol. The molecule has 0 amide bonds. The maximum Gasteiger partial charge on any atom is 0.320 e. The smallest absolute Gasteiger partial charge is 0.320 e. The maximum absolute atomic E-state index is 11.8. The number of ether oxygens (including phenoxy) is 2. The Hall–Kier alpha value is -0.900. The summed E-state index contributed by atoms with van der Waals surface area (Å²) in [5.74, 6) is 0.123. The first-order valence-corrected chi connectivity index (χ1v) is 6.72. The second-order valence-electron chi connectivity index (χ2n) is 5.48. The molecule has 0 aromatic carbocycles. The van der Waals surface area contributed by atoms with Crippen molar-refractivity contribution in [3.8, 4) is 0 Å². The van der Waals surface area contributed by atoms with Gasteiger partial charge in [-0.25, -0.2) is 0 Å². The van der Waals surface area contributed by atoms with Crippen molar-refractivity contribution in [2.75, 3.05) is 13.2 Å². The summed E-state index contributed by atoms with van der Waals surface area (Å²) in [7, 11) is 0. The monoisotopic (exact) mass is 256 g/mol. The maximum atomic E-state index is 11.8. The molecule has 0 radical (unpaired) electrons. The van der Waals surface area contributed by atoms with Crippen LogP contribution in [-0.4, -0.2) is 31.1 Å². The highest BCUT2D eigenvalue weighted by atomic mass is 16.6. The summed E-state index contributed by atoms with van der Waals surface area (Å²) in [6.07, 6.45) is 1.68. The van der Waals surface area contributed by atoms with Crippen LogP contribution in [0.2, 0.25) is 0 Å². The standard InChI is InChI=1S/C14H24O4/c1-5-14(11(4)15)8-12(18-13(14)16)9-17-7-6-10(2)3/h10,12H,5-9H2,1-4H3. The first-order chi connectivity index (χ1) is 8.42. The Morgan fingerprint density at radius 1 is 1.56 bits per heavy atom. The van der Waals surface area contributed by atoms with E-state index in [-0.39, 0.29) is 17.9 Å². The first-order valence-electron chi connectivity index (χ1n) is 6.72. The Bertz CT molecular complexity index is 311. The molecule has 1 rings (SSSR count).